The number of hydrogen-bond acceptors (Lipinski definition) is 3. The van der Waals surface area contributed by atoms with Gasteiger partial charge in [-0.3, -0.25) is 4.79 Å². The predicted molar refractivity (Wildman–Crippen MR) is 62.9 cm³/mol. The molecule has 1 N–H and O–H groups in total. The Bertz CT molecular complexity index is 691. The number of alkyl halides is 3. The van der Waals surface area contributed by atoms with Crippen molar-refractivity contribution in [3.05, 3.63) is 41.3 Å². The van der Waals surface area contributed by atoms with Gasteiger partial charge < -0.3 is 9.84 Å². The molecule has 20 heavy (non-hydrogen) atoms. The van der Waals surface area contributed by atoms with Crippen LogP contribution in [0.25, 0.3) is 11.1 Å². The molecule has 0 spiro atoms. The average molecular weight is 282 g/mol. The molecule has 0 saturated carbocycles. The van der Waals surface area contributed by atoms with Gasteiger partial charge in [0.15, 0.2) is 11.8 Å². The van der Waals surface area contributed by atoms with Crippen LogP contribution in [0, 0.1) is 6.92 Å². The molecular formula is C13H9F3N2O2. The number of aromatic nitrogens is 1. The summed E-state index contributed by atoms with van der Waals surface area (Å²) in [6, 6.07) is 4.10. The maximum Gasteiger partial charge on any atom is 0.416 e. The van der Waals surface area contributed by atoms with Gasteiger partial charge in [0.2, 0.25) is 0 Å². The molecule has 4 nitrogen and oxygen atoms in total. The molecule has 1 aliphatic heterocycles. The van der Waals surface area contributed by atoms with Crippen molar-refractivity contribution in [3.8, 4) is 11.1 Å². The predicted octanol–water partition coefficient (Wildman–Crippen LogP) is 3.00. The van der Waals surface area contributed by atoms with Crippen molar-refractivity contribution in [2.75, 3.05) is 0 Å². The van der Waals surface area contributed by atoms with Crippen LogP contribution in [0.5, 0.6) is 0 Å². The molecule has 1 aliphatic rings. The van der Waals surface area contributed by atoms with Crippen LogP contribution in [-0.2, 0) is 0 Å². The highest BCUT2D eigenvalue weighted by Gasteiger charge is 2.48. The smallest absolute Gasteiger partial charge is 0.358 e. The van der Waals surface area contributed by atoms with Gasteiger partial charge in [-0.2, -0.15) is 13.2 Å². The Morgan fingerprint density at radius 1 is 1.25 bits per heavy atom. The third kappa shape index (κ3) is 1.77. The minimum Gasteiger partial charge on any atom is -0.358 e. The van der Waals surface area contributed by atoms with E-state index in [4.69, 9.17) is 4.52 Å². The van der Waals surface area contributed by atoms with Gasteiger partial charge in [-0.25, -0.2) is 0 Å². The topological polar surface area (TPSA) is 55.1 Å². The summed E-state index contributed by atoms with van der Waals surface area (Å²) in [4.78, 5) is 12.0. The zero-order chi connectivity index (χ0) is 14.5. The molecule has 2 heterocycles. The van der Waals surface area contributed by atoms with Gasteiger partial charge in [0.25, 0.3) is 5.91 Å². The lowest BCUT2D eigenvalue weighted by atomic mass is 9.98. The number of aryl methyl sites for hydroxylation is 1. The summed E-state index contributed by atoms with van der Waals surface area (Å²) >= 11 is 0. The second-order valence-corrected chi connectivity index (χ2v) is 4.50. The van der Waals surface area contributed by atoms with Crippen LogP contribution in [-0.4, -0.2) is 17.2 Å². The SMILES string of the molecule is Cc1noc2c1-c1ccccc1C(=O)NC2C(F)(F)F. The third-order valence-corrected chi connectivity index (χ3v) is 3.20. The summed E-state index contributed by atoms with van der Waals surface area (Å²) in [6.45, 7) is 1.54. The number of rotatable bonds is 0. The first-order valence-corrected chi connectivity index (χ1v) is 5.82. The summed E-state index contributed by atoms with van der Waals surface area (Å²) in [5.41, 5.74) is 1.11. The lowest BCUT2D eigenvalue weighted by Gasteiger charge is -2.17. The van der Waals surface area contributed by atoms with Crippen molar-refractivity contribution in [2.24, 2.45) is 0 Å². The van der Waals surface area contributed by atoms with E-state index >= 15 is 0 Å². The highest BCUT2D eigenvalue weighted by molar-refractivity contribution is 6.02. The Kier molecular flexibility index (Phi) is 2.60. The van der Waals surface area contributed by atoms with Crippen molar-refractivity contribution < 1.29 is 22.5 Å². The first kappa shape index (κ1) is 12.7. The molecule has 1 amide bonds. The van der Waals surface area contributed by atoms with Crippen LogP contribution in [0.1, 0.15) is 27.9 Å². The normalized spacial score (nSPS) is 18.0. The van der Waals surface area contributed by atoms with Crippen LogP contribution in [0.15, 0.2) is 28.8 Å². The Hall–Kier alpha value is -2.31. The van der Waals surface area contributed by atoms with Crippen LogP contribution < -0.4 is 5.32 Å². The Balaban J connectivity index is 2.31. The zero-order valence-corrected chi connectivity index (χ0v) is 10.3. The van der Waals surface area contributed by atoms with Crippen LogP contribution in [0.4, 0.5) is 13.2 Å². The number of halogens is 3. The fourth-order valence-electron chi connectivity index (χ4n) is 2.32. The molecule has 3 rings (SSSR count). The van der Waals surface area contributed by atoms with Gasteiger partial charge in [0, 0.05) is 5.56 Å². The molecule has 0 fully saturated rings. The first-order valence-electron chi connectivity index (χ1n) is 5.82. The third-order valence-electron chi connectivity index (χ3n) is 3.20. The number of benzene rings is 1. The number of amides is 1. The van der Waals surface area contributed by atoms with Crippen molar-refractivity contribution in [1.82, 2.24) is 10.5 Å². The van der Waals surface area contributed by atoms with E-state index in [-0.39, 0.29) is 16.9 Å². The molecule has 0 aliphatic carbocycles. The van der Waals surface area contributed by atoms with E-state index in [0.29, 0.717) is 11.3 Å². The Morgan fingerprint density at radius 2 is 1.90 bits per heavy atom. The molecule has 1 unspecified atom stereocenters. The molecule has 0 radical (unpaired) electrons. The standard InChI is InChI=1S/C13H9F3N2O2/c1-6-9-7-4-2-3-5-8(7)12(19)17-11(13(14,15)16)10(9)20-18-6/h2-5,11H,1H3,(H,17,19). The van der Waals surface area contributed by atoms with Gasteiger partial charge >= 0.3 is 6.18 Å². The Labute approximate surface area is 111 Å². The fourth-order valence-corrected chi connectivity index (χ4v) is 2.32. The van der Waals surface area contributed by atoms with Crippen molar-refractivity contribution >= 4 is 5.91 Å². The largest absolute Gasteiger partial charge is 0.416 e. The fraction of sp³-hybridized carbons (Fsp3) is 0.231. The van der Waals surface area contributed by atoms with Gasteiger partial charge in [-0.15, -0.1) is 0 Å². The number of nitrogens with zero attached hydrogens (tertiary/aromatic N) is 1. The van der Waals surface area contributed by atoms with E-state index in [2.05, 4.69) is 5.16 Å². The number of nitrogens with one attached hydrogen (secondary N) is 1. The minimum atomic E-state index is -4.65. The highest BCUT2D eigenvalue weighted by Crippen LogP contribution is 2.42. The maximum atomic E-state index is 13.1. The molecule has 0 saturated heterocycles. The number of fused-ring (bicyclic) bond motifs is 3. The van der Waals surface area contributed by atoms with Crippen LogP contribution >= 0.6 is 0 Å². The van der Waals surface area contributed by atoms with Gasteiger partial charge in [-0.05, 0) is 18.6 Å². The molecule has 104 valence electrons. The van der Waals surface area contributed by atoms with Gasteiger partial charge in [0.05, 0.1) is 11.3 Å². The molecule has 2 aromatic rings. The van der Waals surface area contributed by atoms with Gasteiger partial charge in [0.1, 0.15) is 0 Å². The minimum absolute atomic E-state index is 0.173. The summed E-state index contributed by atoms with van der Waals surface area (Å²) in [7, 11) is 0. The second-order valence-electron chi connectivity index (χ2n) is 4.50. The molecule has 1 atom stereocenters. The summed E-state index contributed by atoms with van der Waals surface area (Å²) in [5, 5.41) is 5.55. The molecular weight excluding hydrogens is 273 g/mol. The Morgan fingerprint density at radius 3 is 2.55 bits per heavy atom. The molecule has 0 bridgehead atoms. The van der Waals surface area contributed by atoms with Crippen molar-refractivity contribution in [3.63, 3.8) is 0 Å². The molecule has 1 aromatic heterocycles. The van der Waals surface area contributed by atoms with E-state index < -0.39 is 18.1 Å². The lowest BCUT2D eigenvalue weighted by molar-refractivity contribution is -0.159. The monoisotopic (exact) mass is 282 g/mol. The number of carbonyl (C=O) groups is 1. The van der Waals surface area contributed by atoms with E-state index in [1.54, 1.807) is 25.1 Å². The maximum absolute atomic E-state index is 13.1. The lowest BCUT2D eigenvalue weighted by Crippen LogP contribution is -2.37. The average Bonchev–Trinajstić information content (AvgIpc) is 2.69. The van der Waals surface area contributed by atoms with E-state index in [1.807, 2.05) is 5.32 Å². The van der Waals surface area contributed by atoms with E-state index in [0.717, 1.165) is 0 Å². The van der Waals surface area contributed by atoms with E-state index in [9.17, 15) is 18.0 Å². The summed E-state index contributed by atoms with van der Waals surface area (Å²) in [6.07, 6.45) is -4.65. The first-order chi connectivity index (χ1) is 9.39. The van der Waals surface area contributed by atoms with Crippen LogP contribution in [0.2, 0.25) is 0 Å². The number of hydrogen-bond donors (Lipinski definition) is 1. The summed E-state index contributed by atoms with van der Waals surface area (Å²) < 4.78 is 44.1. The second kappa shape index (κ2) is 4.09. The van der Waals surface area contributed by atoms with Crippen LogP contribution in [0.3, 0.4) is 0 Å². The van der Waals surface area contributed by atoms with Crippen molar-refractivity contribution in [2.45, 2.75) is 19.1 Å². The summed E-state index contributed by atoms with van der Waals surface area (Å²) in [5.74, 6) is -1.16. The highest BCUT2D eigenvalue weighted by atomic mass is 19.4. The van der Waals surface area contributed by atoms with Gasteiger partial charge in [-0.1, -0.05) is 23.4 Å². The molecule has 1 aromatic carbocycles. The zero-order valence-electron chi connectivity index (χ0n) is 10.3. The van der Waals surface area contributed by atoms with E-state index in [1.165, 1.54) is 6.07 Å². The quantitative estimate of drug-likeness (QED) is 0.808. The van der Waals surface area contributed by atoms with Crippen molar-refractivity contribution in [1.29, 1.82) is 0 Å². The number of carbonyl (C=O) groups excluding carboxylic acids is 1. The molecule has 7 heteroatoms.